The van der Waals surface area contributed by atoms with Gasteiger partial charge in [0, 0.05) is 12.1 Å². The fraction of sp³-hybridized carbons (Fsp3) is 0.238. The van der Waals surface area contributed by atoms with Crippen LogP contribution in [0.4, 0.5) is 0 Å². The highest BCUT2D eigenvalue weighted by molar-refractivity contribution is 6.46. The monoisotopic (exact) mass is 367 g/mol. The third-order valence-corrected chi connectivity index (χ3v) is 4.64. The maximum Gasteiger partial charge on any atom is 0.295 e. The van der Waals surface area contributed by atoms with Gasteiger partial charge in [-0.25, -0.2) is 0 Å². The molecular weight excluding hydrogens is 346 g/mol. The first-order valence-electron chi connectivity index (χ1n) is 8.58. The molecule has 0 aliphatic carbocycles. The lowest BCUT2D eigenvalue weighted by atomic mass is 9.95. The second-order valence-electron chi connectivity index (χ2n) is 6.36. The number of hydrogen-bond donors (Lipinski definition) is 2. The van der Waals surface area contributed by atoms with Crippen molar-refractivity contribution in [1.29, 1.82) is 0 Å². The number of β-amino-alcohol motifs (C(OH)–C–C–N with tert-alkyl or cyclic N) is 1. The molecule has 2 N–H and O–H groups in total. The minimum absolute atomic E-state index is 0.00249. The largest absolute Gasteiger partial charge is 0.507 e. The third kappa shape index (κ3) is 3.44. The van der Waals surface area contributed by atoms with E-state index in [1.807, 2.05) is 31.2 Å². The number of carbonyl (C=O) groups is 2. The van der Waals surface area contributed by atoms with E-state index in [0.717, 1.165) is 5.56 Å². The van der Waals surface area contributed by atoms with Crippen LogP contribution in [0.5, 0.6) is 5.75 Å². The van der Waals surface area contributed by atoms with Crippen LogP contribution >= 0.6 is 0 Å². The SMILES string of the molecule is COc1ccc(/C(O)=C2\C(=O)C(=O)N(CCO)C2c2ccc(C)cc2)cc1. The molecule has 0 spiro atoms. The Hall–Kier alpha value is -3.12. The van der Waals surface area contributed by atoms with Crippen LogP contribution in [0, 0.1) is 6.92 Å². The van der Waals surface area contributed by atoms with Gasteiger partial charge in [-0.05, 0) is 36.8 Å². The van der Waals surface area contributed by atoms with E-state index in [4.69, 9.17) is 4.74 Å². The van der Waals surface area contributed by atoms with Crippen molar-refractivity contribution in [1.82, 2.24) is 4.90 Å². The molecule has 6 heteroatoms. The summed E-state index contributed by atoms with van der Waals surface area (Å²) in [4.78, 5) is 26.4. The highest BCUT2D eigenvalue weighted by Gasteiger charge is 2.45. The van der Waals surface area contributed by atoms with E-state index < -0.39 is 17.7 Å². The van der Waals surface area contributed by atoms with E-state index in [9.17, 15) is 19.8 Å². The van der Waals surface area contributed by atoms with Crippen LogP contribution in [-0.4, -0.2) is 47.1 Å². The standard InChI is InChI=1S/C21H21NO5/c1-13-3-5-14(6-4-13)18-17(20(25)21(26)22(18)11-12-23)19(24)15-7-9-16(27-2)10-8-15/h3-10,18,23-24H,11-12H2,1-2H3/b19-17+. The Morgan fingerprint density at radius 3 is 2.26 bits per heavy atom. The van der Waals surface area contributed by atoms with Crippen LogP contribution in [0.25, 0.3) is 5.76 Å². The molecule has 0 saturated carbocycles. The van der Waals surface area contributed by atoms with Gasteiger partial charge in [-0.2, -0.15) is 0 Å². The molecule has 1 atom stereocenters. The van der Waals surface area contributed by atoms with E-state index in [2.05, 4.69) is 0 Å². The van der Waals surface area contributed by atoms with Gasteiger partial charge >= 0.3 is 0 Å². The summed E-state index contributed by atoms with van der Waals surface area (Å²) in [5, 5.41) is 20.2. The van der Waals surface area contributed by atoms with E-state index in [0.29, 0.717) is 16.9 Å². The lowest BCUT2D eigenvalue weighted by molar-refractivity contribution is -0.140. The van der Waals surface area contributed by atoms with Crippen molar-refractivity contribution in [3.8, 4) is 5.75 Å². The van der Waals surface area contributed by atoms with Gasteiger partial charge in [-0.3, -0.25) is 9.59 Å². The zero-order chi connectivity index (χ0) is 19.6. The van der Waals surface area contributed by atoms with Gasteiger partial charge < -0.3 is 19.8 Å². The smallest absolute Gasteiger partial charge is 0.295 e. The Balaban J connectivity index is 2.14. The Morgan fingerprint density at radius 2 is 1.70 bits per heavy atom. The average molecular weight is 367 g/mol. The molecule has 0 aromatic heterocycles. The van der Waals surface area contributed by atoms with Crippen molar-refractivity contribution in [2.24, 2.45) is 0 Å². The predicted molar refractivity (Wildman–Crippen MR) is 100 cm³/mol. The molecule has 1 unspecified atom stereocenters. The summed E-state index contributed by atoms with van der Waals surface area (Å²) in [6.45, 7) is 1.66. The molecule has 1 heterocycles. The normalized spacial score (nSPS) is 18.8. The number of amides is 1. The maximum atomic E-state index is 12.7. The van der Waals surface area contributed by atoms with Crippen LogP contribution in [0.3, 0.4) is 0 Å². The summed E-state index contributed by atoms with van der Waals surface area (Å²) in [7, 11) is 1.53. The number of ether oxygens (including phenoxy) is 1. The zero-order valence-electron chi connectivity index (χ0n) is 15.2. The molecular formula is C21H21NO5. The molecule has 2 aromatic rings. The van der Waals surface area contributed by atoms with Crippen molar-refractivity contribution < 1.29 is 24.5 Å². The lowest BCUT2D eigenvalue weighted by Crippen LogP contribution is -2.32. The fourth-order valence-corrected chi connectivity index (χ4v) is 3.22. The van der Waals surface area contributed by atoms with Crippen molar-refractivity contribution >= 4 is 17.4 Å². The predicted octanol–water partition coefficient (Wildman–Crippen LogP) is 2.42. The van der Waals surface area contributed by atoms with Crippen LogP contribution in [-0.2, 0) is 9.59 Å². The first kappa shape index (κ1) is 18.7. The minimum Gasteiger partial charge on any atom is -0.507 e. The highest BCUT2D eigenvalue weighted by Crippen LogP contribution is 2.39. The molecule has 1 fully saturated rings. The summed E-state index contributed by atoms with van der Waals surface area (Å²) in [5.74, 6) is -1.13. The third-order valence-electron chi connectivity index (χ3n) is 4.64. The van der Waals surface area contributed by atoms with Crippen molar-refractivity contribution in [2.45, 2.75) is 13.0 Å². The molecule has 27 heavy (non-hydrogen) atoms. The molecule has 1 saturated heterocycles. The number of nitrogens with zero attached hydrogens (tertiary/aromatic N) is 1. The first-order chi connectivity index (χ1) is 13.0. The Bertz CT molecular complexity index is 884. The number of carbonyl (C=O) groups excluding carboxylic acids is 2. The van der Waals surface area contributed by atoms with E-state index in [1.54, 1.807) is 24.3 Å². The summed E-state index contributed by atoms with van der Waals surface area (Å²) < 4.78 is 5.11. The molecule has 140 valence electrons. The summed E-state index contributed by atoms with van der Waals surface area (Å²) in [5.41, 5.74) is 2.16. The van der Waals surface area contributed by atoms with Gasteiger partial charge in [0.1, 0.15) is 11.5 Å². The van der Waals surface area contributed by atoms with Crippen molar-refractivity contribution in [3.63, 3.8) is 0 Å². The van der Waals surface area contributed by atoms with Crippen LogP contribution in [0.1, 0.15) is 22.7 Å². The number of aliphatic hydroxyl groups excluding tert-OH is 2. The quantitative estimate of drug-likeness (QED) is 0.481. The molecule has 0 bridgehead atoms. The van der Waals surface area contributed by atoms with Gasteiger partial charge in [-0.1, -0.05) is 29.8 Å². The summed E-state index contributed by atoms with van der Waals surface area (Å²) in [6.07, 6.45) is 0. The van der Waals surface area contributed by atoms with Gasteiger partial charge in [0.05, 0.1) is 25.3 Å². The second-order valence-corrected chi connectivity index (χ2v) is 6.36. The minimum atomic E-state index is -0.762. The lowest BCUT2D eigenvalue weighted by Gasteiger charge is -2.24. The highest BCUT2D eigenvalue weighted by atomic mass is 16.5. The van der Waals surface area contributed by atoms with E-state index in [1.165, 1.54) is 12.0 Å². The number of aliphatic hydroxyl groups is 2. The summed E-state index contributed by atoms with van der Waals surface area (Å²) in [6, 6.07) is 13.2. The maximum absolute atomic E-state index is 12.7. The summed E-state index contributed by atoms with van der Waals surface area (Å²) >= 11 is 0. The van der Waals surface area contributed by atoms with Crippen molar-refractivity contribution in [2.75, 3.05) is 20.3 Å². The number of benzene rings is 2. The molecule has 1 amide bonds. The molecule has 2 aromatic carbocycles. The number of rotatable bonds is 5. The molecule has 0 radical (unpaired) electrons. The van der Waals surface area contributed by atoms with Gasteiger partial charge in [-0.15, -0.1) is 0 Å². The molecule has 1 aliphatic rings. The van der Waals surface area contributed by atoms with Gasteiger partial charge in [0.2, 0.25) is 0 Å². The van der Waals surface area contributed by atoms with Crippen LogP contribution in [0.15, 0.2) is 54.1 Å². The molecule has 1 aliphatic heterocycles. The van der Waals surface area contributed by atoms with E-state index >= 15 is 0 Å². The number of ketones is 1. The van der Waals surface area contributed by atoms with Gasteiger partial charge in [0.15, 0.2) is 0 Å². The fourth-order valence-electron chi connectivity index (χ4n) is 3.22. The Kier molecular flexibility index (Phi) is 5.28. The second kappa shape index (κ2) is 7.63. The van der Waals surface area contributed by atoms with Gasteiger partial charge in [0.25, 0.3) is 11.7 Å². The number of hydrogen-bond acceptors (Lipinski definition) is 5. The first-order valence-corrected chi connectivity index (χ1v) is 8.58. The zero-order valence-corrected chi connectivity index (χ0v) is 15.2. The number of methoxy groups -OCH3 is 1. The Morgan fingerprint density at radius 1 is 1.07 bits per heavy atom. The van der Waals surface area contributed by atoms with Crippen molar-refractivity contribution in [3.05, 3.63) is 70.8 Å². The average Bonchev–Trinajstić information content (AvgIpc) is 2.93. The molecule has 3 rings (SSSR count). The number of Topliss-reactive ketones (excluding diaryl/α,β-unsaturated/α-hetero) is 1. The topological polar surface area (TPSA) is 87.1 Å². The van der Waals surface area contributed by atoms with Crippen LogP contribution < -0.4 is 4.74 Å². The number of aryl methyl sites for hydroxylation is 1. The number of likely N-dealkylation sites (tertiary alicyclic amines) is 1. The van der Waals surface area contributed by atoms with Crippen LogP contribution in [0.2, 0.25) is 0 Å². The van der Waals surface area contributed by atoms with E-state index in [-0.39, 0.29) is 24.5 Å². The Labute approximate surface area is 157 Å². The molecule has 6 nitrogen and oxygen atoms in total.